The van der Waals surface area contributed by atoms with Crippen LogP contribution in [0.5, 0.6) is 0 Å². The van der Waals surface area contributed by atoms with E-state index in [1.807, 2.05) is 0 Å². The molecule has 0 bridgehead atoms. The van der Waals surface area contributed by atoms with Crippen molar-refractivity contribution in [1.82, 2.24) is 9.80 Å². The van der Waals surface area contributed by atoms with Crippen LogP contribution in [0.3, 0.4) is 0 Å². The van der Waals surface area contributed by atoms with Gasteiger partial charge in [-0.3, -0.25) is 4.79 Å². The minimum atomic E-state index is 0.331. The Bertz CT molecular complexity index is 738. The van der Waals surface area contributed by atoms with Crippen LogP contribution in [0.1, 0.15) is 75.8 Å². The Morgan fingerprint density at radius 2 is 1.77 bits per heavy atom. The zero-order valence-corrected chi connectivity index (χ0v) is 19.1. The van der Waals surface area contributed by atoms with E-state index in [1.54, 1.807) is 0 Å². The smallest absolute Gasteiger partial charge is 0.225 e. The van der Waals surface area contributed by atoms with Gasteiger partial charge in [0.15, 0.2) is 0 Å². The van der Waals surface area contributed by atoms with Gasteiger partial charge in [-0.2, -0.15) is 0 Å². The molecule has 3 heteroatoms. The number of hydrogen-bond acceptors (Lipinski definition) is 2. The Morgan fingerprint density at radius 1 is 1.00 bits per heavy atom. The molecule has 4 fully saturated rings. The minimum absolute atomic E-state index is 0.331. The lowest BCUT2D eigenvalue weighted by molar-refractivity contribution is -0.134. The number of rotatable bonds is 5. The Morgan fingerprint density at radius 3 is 2.47 bits per heavy atom. The van der Waals surface area contributed by atoms with E-state index in [2.05, 4.69) is 47.9 Å². The molecule has 2 saturated heterocycles. The van der Waals surface area contributed by atoms with Crippen LogP contribution in [0.2, 0.25) is 0 Å². The minimum Gasteiger partial charge on any atom is -0.342 e. The van der Waals surface area contributed by atoms with Crippen LogP contribution in [0.4, 0.5) is 0 Å². The lowest BCUT2D eigenvalue weighted by atomic mass is 9.83. The molecule has 0 aromatic heterocycles. The normalized spacial score (nSPS) is 34.7. The molecule has 2 heterocycles. The highest BCUT2D eigenvalue weighted by Crippen LogP contribution is 2.51. The third-order valence-corrected chi connectivity index (χ3v) is 9.00. The molecule has 1 aromatic carbocycles. The monoisotopic (exact) mass is 408 g/mol. The van der Waals surface area contributed by atoms with Crippen LogP contribution in [0.15, 0.2) is 24.3 Å². The zero-order chi connectivity index (χ0) is 20.7. The maximum Gasteiger partial charge on any atom is 0.225 e. The molecule has 164 valence electrons. The summed E-state index contributed by atoms with van der Waals surface area (Å²) in [7, 11) is 0. The summed E-state index contributed by atoms with van der Waals surface area (Å²) in [5.74, 6) is 3.55. The largest absolute Gasteiger partial charge is 0.342 e. The predicted octanol–water partition coefficient (Wildman–Crippen LogP) is 5.10. The highest BCUT2D eigenvalue weighted by atomic mass is 16.2. The van der Waals surface area contributed by atoms with E-state index in [0.717, 1.165) is 37.9 Å². The van der Waals surface area contributed by atoms with Crippen molar-refractivity contribution in [1.29, 1.82) is 0 Å². The van der Waals surface area contributed by atoms with Gasteiger partial charge in [0.1, 0.15) is 0 Å². The van der Waals surface area contributed by atoms with Gasteiger partial charge in [0.25, 0.3) is 0 Å². The molecule has 0 radical (unpaired) electrons. The number of benzene rings is 1. The molecule has 1 aromatic rings. The van der Waals surface area contributed by atoms with Gasteiger partial charge in [-0.25, -0.2) is 0 Å². The van der Waals surface area contributed by atoms with Gasteiger partial charge in [0.2, 0.25) is 5.91 Å². The van der Waals surface area contributed by atoms with Gasteiger partial charge in [0.05, 0.1) is 0 Å². The molecule has 2 saturated carbocycles. The quantitative estimate of drug-likeness (QED) is 0.676. The molecule has 0 spiro atoms. The summed E-state index contributed by atoms with van der Waals surface area (Å²) in [5, 5.41) is 0. The van der Waals surface area contributed by atoms with E-state index in [-0.39, 0.29) is 0 Å². The summed E-state index contributed by atoms with van der Waals surface area (Å²) in [6.07, 6.45) is 9.94. The molecule has 5 rings (SSSR count). The van der Waals surface area contributed by atoms with Crippen LogP contribution in [0, 0.1) is 23.7 Å². The number of hydrogen-bond donors (Lipinski definition) is 0. The second-order valence-corrected chi connectivity index (χ2v) is 10.9. The molecule has 2 aliphatic carbocycles. The second-order valence-electron chi connectivity index (χ2n) is 10.9. The first-order chi connectivity index (χ1) is 14.6. The fourth-order valence-corrected chi connectivity index (χ4v) is 7.29. The molecule has 1 amide bonds. The summed E-state index contributed by atoms with van der Waals surface area (Å²) < 4.78 is 0. The number of amides is 1. The lowest BCUT2D eigenvalue weighted by Crippen LogP contribution is -2.34. The molecular weight excluding hydrogens is 368 g/mol. The predicted molar refractivity (Wildman–Crippen MR) is 122 cm³/mol. The highest BCUT2D eigenvalue weighted by molar-refractivity contribution is 5.79. The SMILES string of the molecule is CC1CC2CN(C(=O)C3CCCC3)CC2C1c1ccc(CCN2CCC[C@H]2C)cc1. The molecule has 3 nitrogen and oxygen atoms in total. The summed E-state index contributed by atoms with van der Waals surface area (Å²) in [6, 6.07) is 10.3. The summed E-state index contributed by atoms with van der Waals surface area (Å²) in [5.41, 5.74) is 2.99. The van der Waals surface area contributed by atoms with E-state index in [1.165, 1.54) is 62.7 Å². The Hall–Kier alpha value is -1.35. The van der Waals surface area contributed by atoms with Crippen LogP contribution < -0.4 is 0 Å². The van der Waals surface area contributed by atoms with E-state index >= 15 is 0 Å². The number of likely N-dealkylation sites (tertiary alicyclic amines) is 2. The van der Waals surface area contributed by atoms with E-state index < -0.39 is 0 Å². The average Bonchev–Trinajstić information content (AvgIpc) is 3.52. The maximum atomic E-state index is 13.0. The van der Waals surface area contributed by atoms with Crippen molar-refractivity contribution in [3.8, 4) is 0 Å². The number of nitrogens with zero attached hydrogens (tertiary/aromatic N) is 2. The number of carbonyl (C=O) groups is 1. The first-order valence-electron chi connectivity index (χ1n) is 12.7. The third kappa shape index (κ3) is 3.95. The average molecular weight is 409 g/mol. The van der Waals surface area contributed by atoms with Crippen molar-refractivity contribution in [3.63, 3.8) is 0 Å². The van der Waals surface area contributed by atoms with Crippen molar-refractivity contribution >= 4 is 5.91 Å². The Labute approximate surface area is 183 Å². The van der Waals surface area contributed by atoms with Crippen molar-refractivity contribution in [2.75, 3.05) is 26.2 Å². The van der Waals surface area contributed by atoms with Crippen molar-refractivity contribution in [3.05, 3.63) is 35.4 Å². The molecule has 4 unspecified atom stereocenters. The van der Waals surface area contributed by atoms with Crippen molar-refractivity contribution in [2.24, 2.45) is 23.7 Å². The molecule has 2 aliphatic heterocycles. The number of carbonyl (C=O) groups excluding carboxylic acids is 1. The standard InChI is InChI=1S/C27H40N2O/c1-19-16-24-17-29(27(30)23-7-3-4-8-23)18-25(24)26(19)22-11-9-21(10-12-22)13-15-28-14-5-6-20(28)2/h9-12,19-20,23-26H,3-8,13-18H2,1-2H3/t19?,20-,24?,25?,26?/m1/s1. The second kappa shape index (κ2) is 8.65. The van der Waals surface area contributed by atoms with Gasteiger partial charge in [0, 0.05) is 31.6 Å². The van der Waals surface area contributed by atoms with Crippen molar-refractivity contribution < 1.29 is 4.79 Å². The van der Waals surface area contributed by atoms with Gasteiger partial charge < -0.3 is 9.80 Å². The van der Waals surface area contributed by atoms with Gasteiger partial charge in [-0.1, -0.05) is 44.0 Å². The van der Waals surface area contributed by atoms with E-state index in [4.69, 9.17) is 0 Å². The van der Waals surface area contributed by atoms with E-state index in [9.17, 15) is 4.79 Å². The van der Waals surface area contributed by atoms with E-state index in [0.29, 0.717) is 29.6 Å². The van der Waals surface area contributed by atoms with Crippen LogP contribution in [0.25, 0.3) is 0 Å². The zero-order valence-electron chi connectivity index (χ0n) is 19.1. The van der Waals surface area contributed by atoms with Crippen LogP contribution in [-0.4, -0.2) is 47.9 Å². The van der Waals surface area contributed by atoms with Gasteiger partial charge in [-0.05, 0) is 86.8 Å². The summed E-state index contributed by atoms with van der Waals surface area (Å²) in [6.45, 7) is 9.31. The van der Waals surface area contributed by atoms with Crippen molar-refractivity contribution in [2.45, 2.75) is 77.2 Å². The van der Waals surface area contributed by atoms with Gasteiger partial charge in [-0.15, -0.1) is 0 Å². The van der Waals surface area contributed by atoms with Gasteiger partial charge >= 0.3 is 0 Å². The Kier molecular flexibility index (Phi) is 5.92. The lowest BCUT2D eigenvalue weighted by Gasteiger charge is -2.26. The topological polar surface area (TPSA) is 23.6 Å². The van der Waals surface area contributed by atoms with Crippen LogP contribution >= 0.6 is 0 Å². The molecule has 0 N–H and O–H groups in total. The fraction of sp³-hybridized carbons (Fsp3) is 0.741. The third-order valence-electron chi connectivity index (χ3n) is 9.00. The fourth-order valence-electron chi connectivity index (χ4n) is 7.29. The number of fused-ring (bicyclic) bond motifs is 1. The molecule has 30 heavy (non-hydrogen) atoms. The first kappa shape index (κ1) is 20.5. The molecule has 5 atom stereocenters. The maximum absolute atomic E-state index is 13.0. The summed E-state index contributed by atoms with van der Waals surface area (Å²) >= 11 is 0. The Balaban J connectivity index is 1.22. The molecular formula is C27H40N2O. The van der Waals surface area contributed by atoms with Crippen LogP contribution in [-0.2, 0) is 11.2 Å². The highest BCUT2D eigenvalue weighted by Gasteiger charge is 2.48. The summed E-state index contributed by atoms with van der Waals surface area (Å²) in [4.78, 5) is 17.9. The molecule has 4 aliphatic rings. The first-order valence-corrected chi connectivity index (χ1v) is 12.7.